The second-order valence-electron chi connectivity index (χ2n) is 6.41. The van der Waals surface area contributed by atoms with E-state index in [1.807, 2.05) is 13.8 Å². The molecule has 2 rings (SSSR count). The third-order valence-corrected chi connectivity index (χ3v) is 4.98. The lowest BCUT2D eigenvalue weighted by atomic mass is 10.1. The molecular weight excluding hydrogens is 352 g/mol. The maximum absolute atomic E-state index is 12.4. The summed E-state index contributed by atoms with van der Waals surface area (Å²) in [5, 5.41) is 2.76. The van der Waals surface area contributed by atoms with Crippen LogP contribution >= 0.6 is 0 Å². The maximum Gasteiger partial charge on any atom is 0.261 e. The van der Waals surface area contributed by atoms with Gasteiger partial charge in [0.15, 0.2) is 5.78 Å². The van der Waals surface area contributed by atoms with Gasteiger partial charge in [-0.1, -0.05) is 26.0 Å². The minimum absolute atomic E-state index is 0.0665. The van der Waals surface area contributed by atoms with Crippen LogP contribution in [0.15, 0.2) is 53.4 Å². The van der Waals surface area contributed by atoms with Crippen molar-refractivity contribution in [2.75, 3.05) is 10.0 Å². The van der Waals surface area contributed by atoms with Crippen molar-refractivity contribution in [3.63, 3.8) is 0 Å². The smallest absolute Gasteiger partial charge is 0.261 e. The molecule has 6 nitrogen and oxygen atoms in total. The number of hydrogen-bond acceptors (Lipinski definition) is 4. The molecule has 2 aromatic rings. The predicted molar refractivity (Wildman–Crippen MR) is 102 cm³/mol. The molecule has 2 aromatic carbocycles. The SMILES string of the molecule is CC(=O)c1ccc(S(=O)(=O)Nc2ccc(NC(=O)CC(C)C)cc2)cc1. The average molecular weight is 374 g/mol. The van der Waals surface area contributed by atoms with Crippen LogP contribution < -0.4 is 10.0 Å². The zero-order valence-corrected chi connectivity index (χ0v) is 15.8. The molecule has 0 aliphatic heterocycles. The lowest BCUT2D eigenvalue weighted by molar-refractivity contribution is -0.116. The summed E-state index contributed by atoms with van der Waals surface area (Å²) in [6.45, 7) is 5.34. The molecule has 0 saturated carbocycles. The molecule has 0 fully saturated rings. The summed E-state index contributed by atoms with van der Waals surface area (Å²) in [6, 6.07) is 12.1. The summed E-state index contributed by atoms with van der Waals surface area (Å²) in [5.74, 6) is 0.0476. The Balaban J connectivity index is 2.07. The number of nitrogens with one attached hydrogen (secondary N) is 2. The number of amides is 1. The van der Waals surface area contributed by atoms with Crippen LogP contribution in [0.4, 0.5) is 11.4 Å². The summed E-state index contributed by atoms with van der Waals surface area (Å²) in [5.41, 5.74) is 1.43. The highest BCUT2D eigenvalue weighted by Crippen LogP contribution is 2.19. The molecular formula is C19H22N2O4S. The lowest BCUT2D eigenvalue weighted by Gasteiger charge is -2.10. The van der Waals surface area contributed by atoms with Gasteiger partial charge >= 0.3 is 0 Å². The normalized spacial score (nSPS) is 11.2. The van der Waals surface area contributed by atoms with Gasteiger partial charge in [0.1, 0.15) is 0 Å². The topological polar surface area (TPSA) is 92.3 Å². The van der Waals surface area contributed by atoms with Gasteiger partial charge in [0, 0.05) is 23.4 Å². The van der Waals surface area contributed by atoms with Crippen LogP contribution in [0.2, 0.25) is 0 Å². The van der Waals surface area contributed by atoms with Crippen molar-refractivity contribution in [1.29, 1.82) is 0 Å². The quantitative estimate of drug-likeness (QED) is 0.723. The van der Waals surface area contributed by atoms with E-state index >= 15 is 0 Å². The first-order valence-corrected chi connectivity index (χ1v) is 9.69. The highest BCUT2D eigenvalue weighted by Gasteiger charge is 2.14. The molecule has 0 heterocycles. The van der Waals surface area contributed by atoms with E-state index in [9.17, 15) is 18.0 Å². The monoisotopic (exact) mass is 374 g/mol. The first kappa shape index (κ1) is 19.7. The highest BCUT2D eigenvalue weighted by molar-refractivity contribution is 7.92. The van der Waals surface area contributed by atoms with Crippen LogP contribution in [0.25, 0.3) is 0 Å². The lowest BCUT2D eigenvalue weighted by Crippen LogP contribution is -2.14. The molecule has 0 radical (unpaired) electrons. The van der Waals surface area contributed by atoms with E-state index in [-0.39, 0.29) is 22.5 Å². The van der Waals surface area contributed by atoms with Crippen LogP contribution in [0, 0.1) is 5.92 Å². The standard InChI is InChI=1S/C19H22N2O4S/c1-13(2)12-19(23)20-16-6-8-17(9-7-16)21-26(24,25)18-10-4-15(5-11-18)14(3)22/h4-11,13,21H,12H2,1-3H3,(H,20,23). The molecule has 0 aromatic heterocycles. The van der Waals surface area contributed by atoms with E-state index in [0.29, 0.717) is 23.4 Å². The van der Waals surface area contributed by atoms with Crippen molar-refractivity contribution in [3.05, 3.63) is 54.1 Å². The summed E-state index contributed by atoms with van der Waals surface area (Å²) in [7, 11) is -3.76. The molecule has 0 bridgehead atoms. The molecule has 0 saturated heterocycles. The van der Waals surface area contributed by atoms with E-state index in [4.69, 9.17) is 0 Å². The van der Waals surface area contributed by atoms with Gasteiger partial charge in [0.05, 0.1) is 4.90 Å². The Hall–Kier alpha value is -2.67. The van der Waals surface area contributed by atoms with Crippen molar-refractivity contribution in [2.24, 2.45) is 5.92 Å². The fraction of sp³-hybridized carbons (Fsp3) is 0.263. The molecule has 1 amide bonds. The third kappa shape index (κ3) is 5.42. The van der Waals surface area contributed by atoms with Gasteiger partial charge in [-0.25, -0.2) is 8.42 Å². The Morgan fingerprint density at radius 1 is 0.923 bits per heavy atom. The highest BCUT2D eigenvalue weighted by atomic mass is 32.2. The summed E-state index contributed by atoms with van der Waals surface area (Å²) in [6.07, 6.45) is 0.421. The first-order chi connectivity index (χ1) is 12.2. The van der Waals surface area contributed by atoms with E-state index < -0.39 is 10.0 Å². The van der Waals surface area contributed by atoms with E-state index in [2.05, 4.69) is 10.0 Å². The number of ketones is 1. The summed E-state index contributed by atoms with van der Waals surface area (Å²) < 4.78 is 27.3. The largest absolute Gasteiger partial charge is 0.326 e. The van der Waals surface area contributed by atoms with Gasteiger partial charge in [0.2, 0.25) is 5.91 Å². The average Bonchev–Trinajstić information content (AvgIpc) is 2.55. The number of carbonyl (C=O) groups excluding carboxylic acids is 2. The minimum Gasteiger partial charge on any atom is -0.326 e. The van der Waals surface area contributed by atoms with Crippen LogP contribution in [0.1, 0.15) is 37.6 Å². The second kappa shape index (κ2) is 8.14. The number of Topliss-reactive ketones (excluding diaryl/α,β-unsaturated/α-hetero) is 1. The molecule has 0 unspecified atom stereocenters. The van der Waals surface area contributed by atoms with Gasteiger partial charge in [-0.3, -0.25) is 14.3 Å². The minimum atomic E-state index is -3.76. The molecule has 26 heavy (non-hydrogen) atoms. The number of carbonyl (C=O) groups is 2. The number of rotatable bonds is 7. The Morgan fingerprint density at radius 3 is 1.96 bits per heavy atom. The van der Waals surface area contributed by atoms with Crippen LogP contribution in [-0.2, 0) is 14.8 Å². The van der Waals surface area contributed by atoms with Gasteiger partial charge < -0.3 is 5.32 Å². The van der Waals surface area contributed by atoms with E-state index in [1.54, 1.807) is 24.3 Å². The zero-order chi connectivity index (χ0) is 19.3. The van der Waals surface area contributed by atoms with Gasteiger partial charge in [-0.05, 0) is 49.2 Å². The second-order valence-corrected chi connectivity index (χ2v) is 8.09. The Labute approximate surface area is 153 Å². The molecule has 0 aliphatic carbocycles. The van der Waals surface area contributed by atoms with Crippen molar-refractivity contribution < 1.29 is 18.0 Å². The molecule has 0 spiro atoms. The van der Waals surface area contributed by atoms with Crippen molar-refractivity contribution >= 4 is 33.1 Å². The molecule has 2 N–H and O–H groups in total. The number of benzene rings is 2. The predicted octanol–water partition coefficient (Wildman–Crippen LogP) is 3.67. The molecule has 0 aliphatic rings. The molecule has 138 valence electrons. The molecule has 0 atom stereocenters. The maximum atomic E-state index is 12.4. The van der Waals surface area contributed by atoms with Crippen LogP contribution in [0.3, 0.4) is 0 Å². The summed E-state index contributed by atoms with van der Waals surface area (Å²) >= 11 is 0. The van der Waals surface area contributed by atoms with Gasteiger partial charge in [0.25, 0.3) is 10.0 Å². The fourth-order valence-corrected chi connectivity index (χ4v) is 3.35. The van der Waals surface area contributed by atoms with Crippen molar-refractivity contribution in [2.45, 2.75) is 32.1 Å². The van der Waals surface area contributed by atoms with Crippen LogP contribution in [-0.4, -0.2) is 20.1 Å². The van der Waals surface area contributed by atoms with Crippen molar-refractivity contribution in [1.82, 2.24) is 0 Å². The van der Waals surface area contributed by atoms with E-state index in [0.717, 1.165) is 0 Å². The molecule has 7 heteroatoms. The Bertz CT molecular complexity index is 886. The number of hydrogen-bond donors (Lipinski definition) is 2. The van der Waals surface area contributed by atoms with Crippen molar-refractivity contribution in [3.8, 4) is 0 Å². The Morgan fingerprint density at radius 2 is 1.46 bits per heavy atom. The number of anilines is 2. The van der Waals surface area contributed by atoms with Gasteiger partial charge in [-0.15, -0.1) is 0 Å². The van der Waals surface area contributed by atoms with E-state index in [1.165, 1.54) is 31.2 Å². The first-order valence-electron chi connectivity index (χ1n) is 8.21. The van der Waals surface area contributed by atoms with Crippen LogP contribution in [0.5, 0.6) is 0 Å². The third-order valence-electron chi connectivity index (χ3n) is 3.59. The Kier molecular flexibility index (Phi) is 6.15. The zero-order valence-electron chi connectivity index (χ0n) is 14.9. The fourth-order valence-electron chi connectivity index (χ4n) is 2.29. The van der Waals surface area contributed by atoms with Gasteiger partial charge in [-0.2, -0.15) is 0 Å². The summed E-state index contributed by atoms with van der Waals surface area (Å²) in [4.78, 5) is 23.1. The number of sulfonamides is 1.